The second-order valence-electron chi connectivity index (χ2n) is 6.22. The molecule has 0 bridgehead atoms. The van der Waals surface area contributed by atoms with Crippen LogP contribution in [0.2, 0.25) is 38.3 Å². The van der Waals surface area contributed by atoms with Crippen LogP contribution >= 0.6 is 0 Å². The van der Waals surface area contributed by atoms with E-state index in [4.69, 9.17) is 0 Å². The molecule has 0 unspecified atom stereocenters. The zero-order valence-corrected chi connectivity index (χ0v) is 13.8. The van der Waals surface area contributed by atoms with E-state index < -0.39 is 16.1 Å². The summed E-state index contributed by atoms with van der Waals surface area (Å²) in [4.78, 5) is 0. The number of hydrogen-bond donors (Lipinski definition) is 0. The van der Waals surface area contributed by atoms with Gasteiger partial charge in [-0.25, -0.2) is 0 Å². The van der Waals surface area contributed by atoms with Gasteiger partial charge in [-0.15, -0.1) is 13.2 Å². The topological polar surface area (TPSA) is 0 Å². The van der Waals surface area contributed by atoms with Crippen LogP contribution < -0.4 is 0 Å². The maximum atomic E-state index is 3.92. The van der Waals surface area contributed by atoms with Gasteiger partial charge >= 0.3 is 0 Å². The van der Waals surface area contributed by atoms with Crippen LogP contribution in [-0.2, 0) is 0 Å². The maximum Gasteiger partial charge on any atom is 0.0837 e. The highest BCUT2D eigenvalue weighted by molar-refractivity contribution is 6.93. The summed E-state index contributed by atoms with van der Waals surface area (Å²) in [5.74, 6) is 0. The summed E-state index contributed by atoms with van der Waals surface area (Å²) in [5, 5.41) is 3.41. The second-order valence-corrected chi connectivity index (χ2v) is 15.7. The Morgan fingerprint density at radius 2 is 1.29 bits per heavy atom. The molecule has 1 aliphatic rings. The molecule has 1 rings (SSSR count). The van der Waals surface area contributed by atoms with Crippen molar-refractivity contribution in [3.05, 3.63) is 47.9 Å². The summed E-state index contributed by atoms with van der Waals surface area (Å²) in [5.41, 5.74) is 0. The summed E-state index contributed by atoms with van der Waals surface area (Å²) < 4.78 is 0. The third kappa shape index (κ3) is 3.20. The zero-order valence-electron chi connectivity index (χ0n) is 11.8. The Kier molecular flexibility index (Phi) is 4.56. The Morgan fingerprint density at radius 1 is 0.941 bits per heavy atom. The molecule has 0 amide bonds. The van der Waals surface area contributed by atoms with Crippen LogP contribution in [0, 0.1) is 0 Å². The molecule has 1 aliphatic carbocycles. The van der Waals surface area contributed by atoms with Crippen LogP contribution in [0.25, 0.3) is 0 Å². The fourth-order valence-electron chi connectivity index (χ4n) is 2.74. The Hall–Kier alpha value is -0.606. The molecule has 0 aliphatic heterocycles. The molecule has 94 valence electrons. The van der Waals surface area contributed by atoms with Gasteiger partial charge in [0.2, 0.25) is 0 Å². The standard InChI is InChI=1S/C15H26Si2/c1-7-12-16(3,4)14-10-9-11-15(14)17(5,6)13-8-2/h7-8,10-11H,1-2,9,12-13H2,3-6H3. The largest absolute Gasteiger partial charge is 0.103 e. The molecule has 0 N–H and O–H groups in total. The van der Waals surface area contributed by atoms with Crippen molar-refractivity contribution >= 4 is 16.1 Å². The Morgan fingerprint density at radius 3 is 1.59 bits per heavy atom. The van der Waals surface area contributed by atoms with E-state index in [0.29, 0.717) is 0 Å². The average molecular weight is 263 g/mol. The van der Waals surface area contributed by atoms with E-state index in [9.17, 15) is 0 Å². The van der Waals surface area contributed by atoms with Crippen molar-refractivity contribution in [2.24, 2.45) is 0 Å². The monoisotopic (exact) mass is 262 g/mol. The number of rotatable bonds is 6. The van der Waals surface area contributed by atoms with E-state index >= 15 is 0 Å². The average Bonchev–Trinajstić information content (AvgIpc) is 2.66. The molecule has 0 spiro atoms. The van der Waals surface area contributed by atoms with Crippen molar-refractivity contribution in [1.82, 2.24) is 0 Å². The quantitative estimate of drug-likeness (QED) is 0.461. The van der Waals surface area contributed by atoms with Crippen LogP contribution in [0.1, 0.15) is 6.42 Å². The van der Waals surface area contributed by atoms with Crippen molar-refractivity contribution in [3.63, 3.8) is 0 Å². The van der Waals surface area contributed by atoms with Gasteiger partial charge in [-0.05, 0) is 18.5 Å². The number of hydrogen-bond acceptors (Lipinski definition) is 0. The van der Waals surface area contributed by atoms with Crippen molar-refractivity contribution in [2.75, 3.05) is 0 Å². The highest BCUT2D eigenvalue weighted by Crippen LogP contribution is 2.37. The zero-order chi connectivity index (χ0) is 13.1. The van der Waals surface area contributed by atoms with E-state index in [1.165, 1.54) is 12.1 Å². The van der Waals surface area contributed by atoms with Crippen LogP contribution in [0.15, 0.2) is 47.9 Å². The molecule has 0 saturated carbocycles. The minimum absolute atomic E-state index is 1.14. The lowest BCUT2D eigenvalue weighted by molar-refractivity contribution is 1.43. The molecule has 0 atom stereocenters. The SMILES string of the molecule is C=CC[Si](C)(C)C1=CCC=C1[Si](C)(C)CC=C. The second kappa shape index (κ2) is 5.36. The lowest BCUT2D eigenvalue weighted by Crippen LogP contribution is -2.37. The van der Waals surface area contributed by atoms with Gasteiger partial charge in [0.15, 0.2) is 0 Å². The number of allylic oxidation sites excluding steroid dienone is 6. The minimum atomic E-state index is -1.30. The molecule has 0 heterocycles. The molecule has 0 nitrogen and oxygen atoms in total. The molecule has 17 heavy (non-hydrogen) atoms. The molecule has 0 aromatic rings. The highest BCUT2D eigenvalue weighted by Gasteiger charge is 2.35. The predicted octanol–water partition coefficient (Wildman–Crippen LogP) is 5.11. The summed E-state index contributed by atoms with van der Waals surface area (Å²) in [7, 11) is -2.59. The first kappa shape index (κ1) is 14.5. The first-order valence-electron chi connectivity index (χ1n) is 6.48. The summed E-state index contributed by atoms with van der Waals surface area (Å²) >= 11 is 0. The lowest BCUT2D eigenvalue weighted by atomic mass is 10.5. The molecular formula is C15H26Si2. The van der Waals surface area contributed by atoms with Crippen LogP contribution in [-0.4, -0.2) is 16.1 Å². The van der Waals surface area contributed by atoms with E-state index in [1.54, 1.807) is 10.4 Å². The molecule has 0 aromatic heterocycles. The van der Waals surface area contributed by atoms with Crippen molar-refractivity contribution in [3.8, 4) is 0 Å². The van der Waals surface area contributed by atoms with Gasteiger partial charge in [0, 0.05) is 0 Å². The Labute approximate surface area is 109 Å². The summed E-state index contributed by atoms with van der Waals surface area (Å²) in [6.45, 7) is 17.7. The van der Waals surface area contributed by atoms with Gasteiger partial charge in [0.25, 0.3) is 0 Å². The van der Waals surface area contributed by atoms with Crippen LogP contribution in [0.3, 0.4) is 0 Å². The normalized spacial score (nSPS) is 16.5. The lowest BCUT2D eigenvalue weighted by Gasteiger charge is -2.32. The summed E-state index contributed by atoms with van der Waals surface area (Å²) in [6.07, 6.45) is 10.3. The Bertz CT molecular complexity index is 334. The first-order chi connectivity index (χ1) is 7.85. The minimum Gasteiger partial charge on any atom is -0.103 e. The van der Waals surface area contributed by atoms with Gasteiger partial charge in [0.1, 0.15) is 0 Å². The van der Waals surface area contributed by atoms with E-state index in [0.717, 1.165) is 6.42 Å². The smallest absolute Gasteiger partial charge is 0.0837 e. The first-order valence-corrected chi connectivity index (χ1v) is 12.9. The van der Waals surface area contributed by atoms with Crippen molar-refractivity contribution in [2.45, 2.75) is 44.7 Å². The molecular weight excluding hydrogens is 236 g/mol. The maximum absolute atomic E-state index is 3.92. The van der Waals surface area contributed by atoms with Gasteiger partial charge in [-0.1, -0.05) is 60.9 Å². The van der Waals surface area contributed by atoms with Gasteiger partial charge in [-0.2, -0.15) is 0 Å². The highest BCUT2D eigenvalue weighted by atomic mass is 28.3. The van der Waals surface area contributed by atoms with E-state index in [-0.39, 0.29) is 0 Å². The third-order valence-electron chi connectivity index (χ3n) is 3.70. The molecule has 0 radical (unpaired) electrons. The molecule has 0 fully saturated rings. The van der Waals surface area contributed by atoms with E-state index in [1.807, 2.05) is 0 Å². The van der Waals surface area contributed by atoms with Crippen molar-refractivity contribution < 1.29 is 0 Å². The third-order valence-corrected chi connectivity index (χ3v) is 10.4. The van der Waals surface area contributed by atoms with E-state index in [2.05, 4.69) is 63.6 Å². The fourth-order valence-corrected chi connectivity index (χ4v) is 9.65. The molecule has 2 heteroatoms. The molecule has 0 aromatic carbocycles. The van der Waals surface area contributed by atoms with Gasteiger partial charge < -0.3 is 0 Å². The van der Waals surface area contributed by atoms with Gasteiger partial charge in [-0.3, -0.25) is 0 Å². The van der Waals surface area contributed by atoms with Crippen LogP contribution in [0.5, 0.6) is 0 Å². The summed E-state index contributed by atoms with van der Waals surface area (Å²) in [6, 6.07) is 2.38. The fraction of sp³-hybridized carbons (Fsp3) is 0.467. The Balaban J connectivity index is 3.01. The molecule has 0 saturated heterocycles. The predicted molar refractivity (Wildman–Crippen MR) is 85.8 cm³/mol. The van der Waals surface area contributed by atoms with Crippen molar-refractivity contribution in [1.29, 1.82) is 0 Å². The van der Waals surface area contributed by atoms with Crippen LogP contribution in [0.4, 0.5) is 0 Å². The van der Waals surface area contributed by atoms with Gasteiger partial charge in [0.05, 0.1) is 16.1 Å².